The van der Waals surface area contributed by atoms with Crippen molar-refractivity contribution in [2.24, 2.45) is 17.8 Å². The maximum Gasteiger partial charge on any atom is 2.00 e. The summed E-state index contributed by atoms with van der Waals surface area (Å²) in [6.45, 7) is 13.5. The fourth-order valence-electron chi connectivity index (χ4n) is 10.7. The molecule has 0 amide bonds. The Labute approximate surface area is 354 Å². The summed E-state index contributed by atoms with van der Waals surface area (Å²) in [6, 6.07) is 28.7. The van der Waals surface area contributed by atoms with Gasteiger partial charge >= 0.3 is 21.1 Å². The van der Waals surface area contributed by atoms with Crippen LogP contribution in [0.3, 0.4) is 0 Å². The van der Waals surface area contributed by atoms with E-state index in [2.05, 4.69) is 118 Å². The van der Waals surface area contributed by atoms with Gasteiger partial charge in [-0.2, -0.15) is 11.2 Å². The molecule has 0 spiro atoms. The third-order valence-corrected chi connectivity index (χ3v) is 13.5. The molecule has 9 rings (SSSR count). The second kappa shape index (κ2) is 16.4. The van der Waals surface area contributed by atoms with Crippen molar-refractivity contribution in [3.05, 3.63) is 119 Å². The topological polar surface area (TPSA) is 44.9 Å². The third kappa shape index (κ3) is 7.71. The summed E-state index contributed by atoms with van der Waals surface area (Å²) in [5, 5.41) is 7.68. The third-order valence-electron chi connectivity index (χ3n) is 13.5. The normalized spacial score (nSPS) is 19.8. The first-order valence-electron chi connectivity index (χ1n) is 21.5. The molecule has 3 heterocycles. The van der Waals surface area contributed by atoms with Crippen LogP contribution in [0.4, 0.5) is 0 Å². The molecule has 6 heteroatoms. The Morgan fingerprint density at radius 1 is 0.772 bits per heavy atom. The van der Waals surface area contributed by atoms with Gasteiger partial charge in [0.05, 0.1) is 5.69 Å². The molecular formula is C51H58N4OPt. The van der Waals surface area contributed by atoms with Crippen molar-refractivity contribution >= 4 is 21.8 Å². The number of ether oxygens (including phenoxy) is 1. The Morgan fingerprint density at radius 3 is 2.28 bits per heavy atom. The zero-order chi connectivity index (χ0) is 38.6. The van der Waals surface area contributed by atoms with Crippen LogP contribution in [0.1, 0.15) is 132 Å². The van der Waals surface area contributed by atoms with E-state index in [0.29, 0.717) is 29.3 Å². The molecule has 3 aliphatic carbocycles. The Kier molecular flexibility index (Phi) is 11.4. The van der Waals surface area contributed by atoms with E-state index in [9.17, 15) is 0 Å². The number of pyridine rings is 1. The van der Waals surface area contributed by atoms with E-state index in [0.717, 1.165) is 39.4 Å². The maximum atomic E-state index is 6.79. The summed E-state index contributed by atoms with van der Waals surface area (Å²) >= 11 is 0. The Morgan fingerprint density at radius 2 is 1.53 bits per heavy atom. The molecule has 2 atom stereocenters. The zero-order valence-electron chi connectivity index (χ0n) is 34.7. The van der Waals surface area contributed by atoms with E-state index < -0.39 is 0 Å². The summed E-state index contributed by atoms with van der Waals surface area (Å²) in [4.78, 5) is 4.78. The minimum absolute atomic E-state index is 0. The summed E-state index contributed by atoms with van der Waals surface area (Å²) in [5.41, 5.74) is 10.9. The average molecular weight is 938 g/mol. The van der Waals surface area contributed by atoms with Crippen molar-refractivity contribution < 1.29 is 25.8 Å². The van der Waals surface area contributed by atoms with Gasteiger partial charge in [-0.15, -0.1) is 41.3 Å². The molecule has 0 N–H and O–H groups in total. The van der Waals surface area contributed by atoms with Crippen molar-refractivity contribution in [1.29, 1.82) is 0 Å². The van der Waals surface area contributed by atoms with Crippen LogP contribution in [0.5, 0.6) is 11.5 Å². The van der Waals surface area contributed by atoms with Crippen molar-refractivity contribution in [3.63, 3.8) is 0 Å². The molecule has 2 fully saturated rings. The standard InChI is InChI=1S/C51H58N4O.Pt/c1-33-26-27-52-48(28-33)54-46-23-14-13-20-44(46)45-25-24-40(32-47(45)54)56-41-30-38(51(4,5)6)29-39(31-41)55-35(3)49(34(2)53-55)50-42(36-16-9-7-10-17-36)21-15-22-43(50)37-18-11-8-12-19-37;/h13-14,20-21,23-30,36-37,43,50H,7-12,15-19,22H2,1-6H3;/q-2;+2/t43-,50?;/m1./s1. The quantitative estimate of drug-likeness (QED) is 0.118. The van der Waals surface area contributed by atoms with Gasteiger partial charge in [-0.25, -0.2) is 4.98 Å². The minimum Gasteiger partial charge on any atom is -0.509 e. The molecule has 0 radical (unpaired) electrons. The van der Waals surface area contributed by atoms with Gasteiger partial charge in [0.25, 0.3) is 0 Å². The molecule has 5 nitrogen and oxygen atoms in total. The molecule has 0 saturated heterocycles. The second-order valence-corrected chi connectivity index (χ2v) is 18.3. The molecule has 3 aromatic carbocycles. The van der Waals surface area contributed by atoms with Gasteiger partial charge in [0, 0.05) is 40.4 Å². The van der Waals surface area contributed by atoms with Gasteiger partial charge in [0.15, 0.2) is 0 Å². The Balaban J connectivity index is 0.00000455. The monoisotopic (exact) mass is 937 g/mol. The van der Waals surface area contributed by atoms with Crippen LogP contribution in [0.15, 0.2) is 78.5 Å². The van der Waals surface area contributed by atoms with E-state index >= 15 is 0 Å². The van der Waals surface area contributed by atoms with Crippen molar-refractivity contribution in [2.45, 2.75) is 130 Å². The van der Waals surface area contributed by atoms with Crippen LogP contribution in [0.25, 0.3) is 33.3 Å². The van der Waals surface area contributed by atoms with Crippen LogP contribution in [-0.4, -0.2) is 19.3 Å². The van der Waals surface area contributed by atoms with Crippen molar-refractivity contribution in [3.8, 4) is 23.0 Å². The number of allylic oxidation sites excluding steroid dienone is 2. The van der Waals surface area contributed by atoms with E-state index in [1.165, 1.54) is 105 Å². The van der Waals surface area contributed by atoms with E-state index in [1.807, 2.05) is 18.3 Å². The predicted molar refractivity (Wildman–Crippen MR) is 229 cm³/mol. The number of para-hydroxylation sites is 1. The molecule has 3 aromatic heterocycles. The van der Waals surface area contributed by atoms with Crippen LogP contribution in [-0.2, 0) is 26.5 Å². The number of benzene rings is 3. The number of fused-ring (bicyclic) bond motifs is 3. The molecule has 57 heavy (non-hydrogen) atoms. The minimum atomic E-state index is -0.107. The molecule has 0 bridgehead atoms. The van der Waals surface area contributed by atoms with Crippen LogP contribution >= 0.6 is 0 Å². The molecule has 3 aliphatic rings. The predicted octanol–water partition coefficient (Wildman–Crippen LogP) is 13.6. The van der Waals surface area contributed by atoms with Crippen LogP contribution < -0.4 is 4.74 Å². The summed E-state index contributed by atoms with van der Waals surface area (Å²) < 4.78 is 11.2. The average Bonchev–Trinajstić information content (AvgIpc) is 3.70. The van der Waals surface area contributed by atoms with Gasteiger partial charge in [0.2, 0.25) is 0 Å². The van der Waals surface area contributed by atoms with Crippen LogP contribution in [0.2, 0.25) is 0 Å². The molecule has 1 unspecified atom stereocenters. The van der Waals surface area contributed by atoms with E-state index in [4.69, 9.17) is 14.8 Å². The number of hydrogen-bond donors (Lipinski definition) is 0. The Hall–Kier alpha value is -3.95. The van der Waals surface area contributed by atoms with Gasteiger partial charge in [-0.1, -0.05) is 108 Å². The number of aromatic nitrogens is 4. The maximum absolute atomic E-state index is 6.79. The van der Waals surface area contributed by atoms with E-state index in [-0.39, 0.29) is 26.5 Å². The fourth-order valence-corrected chi connectivity index (χ4v) is 10.7. The zero-order valence-corrected chi connectivity index (χ0v) is 37.0. The first-order valence-corrected chi connectivity index (χ1v) is 21.5. The van der Waals surface area contributed by atoms with E-state index in [1.54, 1.807) is 5.57 Å². The van der Waals surface area contributed by atoms with Gasteiger partial charge in [0.1, 0.15) is 5.82 Å². The number of nitrogens with zero attached hydrogens (tertiary/aromatic N) is 4. The first-order chi connectivity index (χ1) is 27.1. The Bertz CT molecular complexity index is 2420. The van der Waals surface area contributed by atoms with Crippen molar-refractivity contribution in [1.82, 2.24) is 19.3 Å². The molecule has 0 aliphatic heterocycles. The van der Waals surface area contributed by atoms with Crippen molar-refractivity contribution in [2.75, 3.05) is 0 Å². The largest absolute Gasteiger partial charge is 2.00 e. The van der Waals surface area contributed by atoms with Crippen LogP contribution in [0, 0.1) is 50.7 Å². The number of hydrogen-bond acceptors (Lipinski definition) is 3. The number of rotatable bonds is 7. The van der Waals surface area contributed by atoms with Gasteiger partial charge in [-0.3, -0.25) is 4.68 Å². The smallest absolute Gasteiger partial charge is 0.509 e. The summed E-state index contributed by atoms with van der Waals surface area (Å²) in [6.07, 6.45) is 20.9. The molecule has 298 valence electrons. The molecule has 2 saturated carbocycles. The van der Waals surface area contributed by atoms with Gasteiger partial charge in [-0.05, 0) is 104 Å². The molecular weight excluding hydrogens is 880 g/mol. The summed E-state index contributed by atoms with van der Waals surface area (Å²) in [7, 11) is 0. The van der Waals surface area contributed by atoms with Gasteiger partial charge < -0.3 is 9.30 Å². The first kappa shape index (κ1) is 39.9. The number of aryl methyl sites for hydroxylation is 2. The molecule has 6 aromatic rings. The SMILES string of the molecule is Cc1ccnc(-n2c3[c-]c(Oc4[c-]c(-n5nc(C)c(C6C(C7CCCCC7)=CCC[C@@H]6C6CCCCC6)c5C)cc(C(C)(C)C)c4)ccc3c3ccccc32)c1.[Pt+2]. The second-order valence-electron chi connectivity index (χ2n) is 18.3. The fraction of sp³-hybridized carbons (Fsp3) is 0.451. The summed E-state index contributed by atoms with van der Waals surface area (Å²) in [5.74, 6) is 4.89.